The zero-order valence-corrected chi connectivity index (χ0v) is 36.7. The van der Waals surface area contributed by atoms with Gasteiger partial charge in [0, 0.05) is 54.1 Å². The molecule has 15 nitrogen and oxygen atoms in total. The molecule has 0 unspecified atom stereocenters. The molecule has 2 aliphatic rings. The number of hydrogen-bond acceptors (Lipinski definition) is 13. The van der Waals surface area contributed by atoms with Crippen molar-refractivity contribution in [2.75, 3.05) is 44.9 Å². The number of nitrogens with one attached hydrogen (secondary N) is 2. The van der Waals surface area contributed by atoms with Gasteiger partial charge in [-0.3, -0.25) is 9.59 Å². The smallest absolute Gasteiger partial charge is 0.306 e. The van der Waals surface area contributed by atoms with Gasteiger partial charge in [-0.15, -0.1) is 22.7 Å². The van der Waals surface area contributed by atoms with Crippen LogP contribution in [0.1, 0.15) is 40.1 Å². The first-order valence-corrected chi connectivity index (χ1v) is 22.3. The Morgan fingerprint density at radius 2 is 1.28 bits per heavy atom. The molecule has 8 aromatic rings. The minimum absolute atomic E-state index is 0.0213. The number of fused-ring (bicyclic) bond motifs is 8. The zero-order valence-electron chi connectivity index (χ0n) is 33.6. The summed E-state index contributed by atoms with van der Waals surface area (Å²) < 4.78 is 3.45. The number of anilines is 4. The van der Waals surface area contributed by atoms with Crippen molar-refractivity contribution in [3.05, 3.63) is 92.6 Å². The van der Waals surface area contributed by atoms with E-state index in [9.17, 15) is 14.7 Å². The summed E-state index contributed by atoms with van der Waals surface area (Å²) >= 11 is 16.1. The van der Waals surface area contributed by atoms with Crippen molar-refractivity contribution < 1.29 is 14.7 Å². The molecule has 0 aromatic carbocycles. The highest BCUT2D eigenvalue weighted by Gasteiger charge is 2.31. The molecule has 0 fully saturated rings. The zero-order chi connectivity index (χ0) is 42.4. The lowest BCUT2D eigenvalue weighted by atomic mass is 9.87. The van der Waals surface area contributed by atoms with Crippen LogP contribution < -0.4 is 10.6 Å². The van der Waals surface area contributed by atoms with Gasteiger partial charge in [0.2, 0.25) is 5.91 Å². The number of hydrogen-bond donors (Lipinski definition) is 3. The number of aryl methyl sites for hydroxylation is 2. The van der Waals surface area contributed by atoms with Gasteiger partial charge in [-0.25, -0.2) is 29.0 Å². The third kappa shape index (κ3) is 8.32. The molecule has 19 heteroatoms. The summed E-state index contributed by atoms with van der Waals surface area (Å²) in [4.78, 5) is 50.5. The maximum atomic E-state index is 13.1. The normalized spacial score (nSPS) is 16.1. The summed E-state index contributed by atoms with van der Waals surface area (Å²) in [5.74, 6) is 0.646. The molecule has 10 rings (SSSR count). The second-order valence-electron chi connectivity index (χ2n) is 15.7. The van der Waals surface area contributed by atoms with Crippen LogP contribution in [0.2, 0.25) is 10.0 Å². The van der Waals surface area contributed by atoms with Gasteiger partial charge in [0.05, 0.1) is 49.1 Å². The fraction of sp³-hybridized carbons (Fsp3) is 0.333. The Labute approximate surface area is 368 Å². The van der Waals surface area contributed by atoms with Crippen LogP contribution >= 0.6 is 45.9 Å². The van der Waals surface area contributed by atoms with Crippen molar-refractivity contribution in [3.8, 4) is 0 Å². The Balaban J connectivity index is 0.000000160. The van der Waals surface area contributed by atoms with Crippen molar-refractivity contribution in [2.24, 2.45) is 11.8 Å². The fourth-order valence-electron chi connectivity index (χ4n) is 8.21. The molecule has 61 heavy (non-hydrogen) atoms. The van der Waals surface area contributed by atoms with E-state index in [-0.39, 0.29) is 17.7 Å². The molecule has 0 bridgehead atoms. The highest BCUT2D eigenvalue weighted by Crippen LogP contribution is 2.43. The van der Waals surface area contributed by atoms with Gasteiger partial charge in [-0.2, -0.15) is 10.2 Å². The Morgan fingerprint density at radius 1 is 0.770 bits per heavy atom. The molecule has 314 valence electrons. The minimum atomic E-state index is -0.733. The van der Waals surface area contributed by atoms with Gasteiger partial charge < -0.3 is 25.5 Å². The molecule has 0 radical (unpaired) electrons. The number of halogens is 2. The maximum Gasteiger partial charge on any atom is 0.306 e. The molecular formula is C42H42Cl2N12O3S2. The van der Waals surface area contributed by atoms with Crippen LogP contribution in [-0.2, 0) is 35.3 Å². The summed E-state index contributed by atoms with van der Waals surface area (Å²) in [5, 5.41) is 27.6. The van der Waals surface area contributed by atoms with Gasteiger partial charge in [-0.05, 0) is 101 Å². The number of carboxylic acid groups (broad SMARTS) is 1. The molecule has 0 saturated heterocycles. The van der Waals surface area contributed by atoms with Crippen LogP contribution in [-0.4, -0.2) is 100 Å². The Bertz CT molecular complexity index is 2940. The van der Waals surface area contributed by atoms with Gasteiger partial charge in [-0.1, -0.05) is 23.2 Å². The molecule has 8 aromatic heterocycles. The summed E-state index contributed by atoms with van der Waals surface area (Å²) in [6.07, 6.45) is 15.4. The third-order valence-corrected chi connectivity index (χ3v) is 14.3. The molecule has 3 N–H and O–H groups in total. The van der Waals surface area contributed by atoms with Crippen LogP contribution in [0.5, 0.6) is 0 Å². The van der Waals surface area contributed by atoms with E-state index in [1.54, 1.807) is 62.8 Å². The number of aromatic nitrogens is 8. The van der Waals surface area contributed by atoms with E-state index in [1.807, 2.05) is 36.2 Å². The number of aliphatic carboxylic acids is 1. The van der Waals surface area contributed by atoms with E-state index in [2.05, 4.69) is 59.8 Å². The summed E-state index contributed by atoms with van der Waals surface area (Å²) in [7, 11) is 6.04. The van der Waals surface area contributed by atoms with Crippen molar-refractivity contribution in [3.63, 3.8) is 0 Å². The Kier molecular flexibility index (Phi) is 11.5. The first kappa shape index (κ1) is 40.9. The lowest BCUT2D eigenvalue weighted by Crippen LogP contribution is -2.36. The molecule has 8 heterocycles. The summed E-state index contributed by atoms with van der Waals surface area (Å²) in [6, 6.07) is 7.71. The van der Waals surface area contributed by atoms with E-state index in [4.69, 9.17) is 23.2 Å². The van der Waals surface area contributed by atoms with E-state index < -0.39 is 5.97 Å². The Morgan fingerprint density at radius 3 is 1.79 bits per heavy atom. The topological polar surface area (TPSA) is 171 Å². The first-order valence-electron chi connectivity index (χ1n) is 19.9. The maximum absolute atomic E-state index is 13.1. The standard InChI is InChI=1S/C24H28ClN7OS.C18H14ClN5O2S/c1-30(2)9-4-10-31(3)24(33)15-5-6-17-20(11-15)34-23-21(17)22(26-14-27-23)29-19-12-16-7-8-28-32(16)13-18(19)25;19-12-7-24-10(3-4-22-24)6-13(12)23-16-15-11-2-1-9(18(25)26)5-14(11)27-17(15)21-8-20-16/h7-8,12-15H,4-6,9-11H2,1-3H3,(H,26,27,29);3-4,6-9H,1-2,5H2,(H,25,26)(H,20,21,23)/t15-;9-/m00/s1. The number of nitrogens with zero attached hydrogens (tertiary/aromatic N) is 10. The first-order chi connectivity index (χ1) is 29.5. The van der Waals surface area contributed by atoms with E-state index >= 15 is 0 Å². The van der Waals surface area contributed by atoms with Crippen molar-refractivity contribution in [1.29, 1.82) is 0 Å². The SMILES string of the molecule is CN(C)CCCN(C)C(=O)[C@H]1CCc2c(sc3ncnc(Nc4cc5ccnn5cc4Cl)c23)C1.O=C(O)[C@H]1CCc2c(sc3ncnc(Nc4cc5ccnn5cc4Cl)c23)C1. The van der Waals surface area contributed by atoms with Crippen LogP contribution in [0, 0.1) is 11.8 Å². The van der Waals surface area contributed by atoms with Crippen molar-refractivity contribution in [2.45, 2.75) is 44.9 Å². The number of thiophene rings is 2. The second-order valence-corrected chi connectivity index (χ2v) is 18.6. The Hall–Kier alpha value is -5.46. The quantitative estimate of drug-likeness (QED) is 0.121. The molecule has 0 spiro atoms. The van der Waals surface area contributed by atoms with Crippen LogP contribution in [0.25, 0.3) is 31.5 Å². The average Bonchev–Trinajstić information content (AvgIpc) is 4.05. The molecule has 0 saturated carbocycles. The molecule has 0 aliphatic heterocycles. The lowest BCUT2D eigenvalue weighted by Gasteiger charge is -2.27. The summed E-state index contributed by atoms with van der Waals surface area (Å²) in [6.45, 7) is 1.77. The molecule has 2 aliphatic carbocycles. The number of rotatable bonds is 10. The average molecular weight is 898 g/mol. The van der Waals surface area contributed by atoms with E-state index in [0.717, 1.165) is 97.9 Å². The second kappa shape index (κ2) is 17.1. The minimum Gasteiger partial charge on any atom is -0.481 e. The molecule has 2 atom stereocenters. The van der Waals surface area contributed by atoms with Gasteiger partial charge in [0.25, 0.3) is 0 Å². The van der Waals surface area contributed by atoms with Gasteiger partial charge >= 0.3 is 5.97 Å². The highest BCUT2D eigenvalue weighted by molar-refractivity contribution is 7.19. The molecule has 1 amide bonds. The van der Waals surface area contributed by atoms with Crippen LogP contribution in [0.15, 0.2) is 61.7 Å². The third-order valence-electron chi connectivity index (χ3n) is 11.3. The number of carbonyl (C=O) groups excluding carboxylic acids is 1. The monoisotopic (exact) mass is 896 g/mol. The fourth-order valence-corrected chi connectivity index (χ4v) is 11.1. The van der Waals surface area contributed by atoms with Gasteiger partial charge in [0.1, 0.15) is 34.0 Å². The van der Waals surface area contributed by atoms with Gasteiger partial charge in [0.15, 0.2) is 0 Å². The van der Waals surface area contributed by atoms with Crippen molar-refractivity contribution in [1.82, 2.24) is 49.0 Å². The number of carbonyl (C=O) groups is 2. The lowest BCUT2D eigenvalue weighted by molar-refractivity contribution is -0.142. The van der Waals surface area contributed by atoms with E-state index in [0.29, 0.717) is 35.1 Å². The van der Waals surface area contributed by atoms with Crippen molar-refractivity contribution >= 4 is 112 Å². The number of carboxylic acids is 1. The highest BCUT2D eigenvalue weighted by atomic mass is 35.5. The predicted octanol–water partition coefficient (Wildman–Crippen LogP) is 8.18. The largest absolute Gasteiger partial charge is 0.481 e. The number of amides is 1. The van der Waals surface area contributed by atoms with E-state index in [1.165, 1.54) is 16.8 Å². The van der Waals surface area contributed by atoms with Crippen LogP contribution in [0.3, 0.4) is 0 Å². The molecular weight excluding hydrogens is 856 g/mol. The van der Waals surface area contributed by atoms with Crippen LogP contribution in [0.4, 0.5) is 23.0 Å². The predicted molar refractivity (Wildman–Crippen MR) is 241 cm³/mol. The summed E-state index contributed by atoms with van der Waals surface area (Å²) in [5.41, 5.74) is 5.78. The number of pyridine rings is 2.